The Morgan fingerprint density at radius 2 is 1.90 bits per heavy atom. The summed E-state index contributed by atoms with van der Waals surface area (Å²) in [7, 11) is 1.60. The lowest BCUT2D eigenvalue weighted by Gasteiger charge is -2.09. The standard InChI is InChI=1S/C21H19ClN4O3/c1-13-24-25(12-20(27)23-11-14-3-5-16(22)6-4-14)21(28)19-10-15-9-17(29-2)7-8-18(15)26(13)19/h3-10H,11-12H2,1-2H3,(H,23,27). The summed E-state index contributed by atoms with van der Waals surface area (Å²) >= 11 is 5.87. The Labute approximate surface area is 171 Å². The monoisotopic (exact) mass is 410 g/mol. The van der Waals surface area contributed by atoms with Crippen molar-refractivity contribution >= 4 is 33.9 Å². The number of benzene rings is 2. The molecule has 0 spiro atoms. The second-order valence-corrected chi connectivity index (χ2v) is 7.14. The second-order valence-electron chi connectivity index (χ2n) is 6.70. The third-order valence-corrected chi connectivity index (χ3v) is 5.00. The molecule has 0 unspecified atom stereocenters. The Bertz CT molecular complexity index is 1280. The molecule has 0 fully saturated rings. The molecule has 0 aliphatic rings. The number of hydrogen-bond acceptors (Lipinski definition) is 4. The van der Waals surface area contributed by atoms with Crippen LogP contribution in [0.5, 0.6) is 5.75 Å². The van der Waals surface area contributed by atoms with Crippen molar-refractivity contribution in [1.29, 1.82) is 0 Å². The minimum absolute atomic E-state index is 0.158. The van der Waals surface area contributed by atoms with Gasteiger partial charge in [0, 0.05) is 17.0 Å². The van der Waals surface area contributed by atoms with Gasteiger partial charge in [0.1, 0.15) is 23.6 Å². The fraction of sp³-hybridized carbons (Fsp3) is 0.190. The van der Waals surface area contributed by atoms with Gasteiger partial charge in [-0.1, -0.05) is 23.7 Å². The highest BCUT2D eigenvalue weighted by molar-refractivity contribution is 6.30. The number of nitrogens with one attached hydrogen (secondary N) is 1. The minimum atomic E-state index is -0.326. The van der Waals surface area contributed by atoms with Crippen molar-refractivity contribution in [2.75, 3.05) is 7.11 Å². The van der Waals surface area contributed by atoms with Gasteiger partial charge < -0.3 is 10.1 Å². The van der Waals surface area contributed by atoms with Crippen LogP contribution in [0.2, 0.25) is 5.02 Å². The smallest absolute Gasteiger partial charge is 0.291 e. The molecule has 0 bridgehead atoms. The molecule has 0 saturated carbocycles. The number of carbonyl (C=O) groups is 1. The molecule has 1 amide bonds. The summed E-state index contributed by atoms with van der Waals surface area (Å²) in [5.41, 5.74) is 1.92. The van der Waals surface area contributed by atoms with Crippen LogP contribution in [0.25, 0.3) is 16.4 Å². The lowest BCUT2D eigenvalue weighted by atomic mass is 10.2. The largest absolute Gasteiger partial charge is 0.497 e. The summed E-state index contributed by atoms with van der Waals surface area (Å²) in [4.78, 5) is 25.3. The van der Waals surface area contributed by atoms with E-state index in [1.165, 1.54) is 4.68 Å². The molecule has 0 aliphatic carbocycles. The maximum Gasteiger partial charge on any atom is 0.291 e. The summed E-state index contributed by atoms with van der Waals surface area (Å²) in [6.07, 6.45) is 0. The van der Waals surface area contributed by atoms with Crippen LogP contribution in [0.4, 0.5) is 0 Å². The van der Waals surface area contributed by atoms with Gasteiger partial charge in [0.15, 0.2) is 0 Å². The van der Waals surface area contributed by atoms with Crippen molar-refractivity contribution in [1.82, 2.24) is 19.5 Å². The van der Waals surface area contributed by atoms with Gasteiger partial charge in [-0.25, -0.2) is 4.68 Å². The predicted molar refractivity (Wildman–Crippen MR) is 112 cm³/mol. The summed E-state index contributed by atoms with van der Waals surface area (Å²) in [5, 5.41) is 8.64. The zero-order valence-corrected chi connectivity index (χ0v) is 16.7. The number of ether oxygens (including phenoxy) is 1. The van der Waals surface area contributed by atoms with Crippen LogP contribution < -0.4 is 15.6 Å². The normalized spacial score (nSPS) is 11.1. The van der Waals surface area contributed by atoms with Crippen LogP contribution in [0.15, 0.2) is 53.3 Å². The van der Waals surface area contributed by atoms with Crippen molar-refractivity contribution in [3.8, 4) is 5.75 Å². The molecule has 0 radical (unpaired) electrons. The van der Waals surface area contributed by atoms with E-state index in [4.69, 9.17) is 16.3 Å². The number of aryl methyl sites for hydroxylation is 1. The van der Waals surface area contributed by atoms with Crippen molar-refractivity contribution in [3.63, 3.8) is 0 Å². The molecule has 0 saturated heterocycles. The van der Waals surface area contributed by atoms with Crippen LogP contribution in [0.3, 0.4) is 0 Å². The van der Waals surface area contributed by atoms with Gasteiger partial charge in [-0.15, -0.1) is 0 Å². The number of methoxy groups -OCH3 is 1. The summed E-state index contributed by atoms with van der Waals surface area (Å²) < 4.78 is 8.24. The maximum atomic E-state index is 12.9. The van der Waals surface area contributed by atoms with Crippen molar-refractivity contribution in [3.05, 3.63) is 75.3 Å². The molecule has 29 heavy (non-hydrogen) atoms. The fourth-order valence-corrected chi connectivity index (χ4v) is 3.45. The van der Waals surface area contributed by atoms with E-state index in [0.29, 0.717) is 28.7 Å². The summed E-state index contributed by atoms with van der Waals surface area (Å²) in [6.45, 7) is 1.99. The first-order chi connectivity index (χ1) is 14.0. The number of amides is 1. The quantitative estimate of drug-likeness (QED) is 0.548. The number of nitrogens with zero attached hydrogens (tertiary/aromatic N) is 3. The zero-order chi connectivity index (χ0) is 20.5. The van der Waals surface area contributed by atoms with Crippen LogP contribution in [-0.2, 0) is 17.9 Å². The second kappa shape index (κ2) is 7.60. The number of rotatable bonds is 5. The maximum absolute atomic E-state index is 12.9. The molecular weight excluding hydrogens is 392 g/mol. The van der Waals surface area contributed by atoms with Gasteiger partial charge in [0.25, 0.3) is 5.56 Å². The van der Waals surface area contributed by atoms with Crippen molar-refractivity contribution in [2.24, 2.45) is 0 Å². The molecule has 7 nitrogen and oxygen atoms in total. The van der Waals surface area contributed by atoms with E-state index < -0.39 is 0 Å². The Balaban J connectivity index is 1.61. The Morgan fingerprint density at radius 1 is 1.14 bits per heavy atom. The molecule has 8 heteroatoms. The first-order valence-corrected chi connectivity index (χ1v) is 9.42. The molecular formula is C21H19ClN4O3. The van der Waals surface area contributed by atoms with Gasteiger partial charge in [0.2, 0.25) is 5.91 Å². The third kappa shape index (κ3) is 3.69. The fourth-order valence-electron chi connectivity index (χ4n) is 3.33. The number of hydrogen-bond donors (Lipinski definition) is 1. The SMILES string of the molecule is COc1ccc2c(c1)cc1c(=O)n(CC(=O)NCc3ccc(Cl)cc3)nc(C)n12. The van der Waals surface area contributed by atoms with Gasteiger partial charge in [-0.2, -0.15) is 5.10 Å². The van der Waals surface area contributed by atoms with Crippen LogP contribution >= 0.6 is 11.6 Å². The molecule has 2 aromatic heterocycles. The van der Waals surface area contributed by atoms with Gasteiger partial charge in [0.05, 0.1) is 12.6 Å². The van der Waals surface area contributed by atoms with Gasteiger partial charge in [-0.05, 0) is 48.9 Å². The van der Waals surface area contributed by atoms with E-state index in [-0.39, 0.29) is 18.0 Å². The lowest BCUT2D eigenvalue weighted by molar-refractivity contribution is -0.122. The number of aromatic nitrogens is 3. The highest BCUT2D eigenvalue weighted by atomic mass is 35.5. The molecule has 0 aliphatic heterocycles. The van der Waals surface area contributed by atoms with Crippen molar-refractivity contribution < 1.29 is 9.53 Å². The van der Waals surface area contributed by atoms with Gasteiger partial charge >= 0.3 is 0 Å². The summed E-state index contributed by atoms with van der Waals surface area (Å²) in [6, 6.07) is 14.6. The van der Waals surface area contributed by atoms with Crippen LogP contribution in [0.1, 0.15) is 11.4 Å². The average Bonchev–Trinajstić information content (AvgIpc) is 3.10. The third-order valence-electron chi connectivity index (χ3n) is 4.75. The molecule has 1 N–H and O–H groups in total. The number of carbonyl (C=O) groups excluding carboxylic acids is 1. The topological polar surface area (TPSA) is 77.6 Å². The van der Waals surface area contributed by atoms with E-state index in [1.54, 1.807) is 36.6 Å². The molecule has 148 valence electrons. The van der Waals surface area contributed by atoms with E-state index in [1.807, 2.05) is 30.3 Å². The highest BCUT2D eigenvalue weighted by Gasteiger charge is 2.14. The average molecular weight is 411 g/mol. The first kappa shape index (κ1) is 19.0. The van der Waals surface area contributed by atoms with E-state index in [2.05, 4.69) is 10.4 Å². The van der Waals surface area contributed by atoms with Gasteiger partial charge in [-0.3, -0.25) is 14.0 Å². The Kier molecular flexibility index (Phi) is 4.98. The summed E-state index contributed by atoms with van der Waals surface area (Å²) in [5.74, 6) is 1.03. The molecule has 2 heterocycles. The molecule has 4 aromatic rings. The minimum Gasteiger partial charge on any atom is -0.497 e. The van der Waals surface area contributed by atoms with Crippen molar-refractivity contribution in [2.45, 2.75) is 20.0 Å². The van der Waals surface area contributed by atoms with Crippen LogP contribution in [0, 0.1) is 6.92 Å². The molecule has 4 rings (SSSR count). The van der Waals surface area contributed by atoms with E-state index in [9.17, 15) is 9.59 Å². The lowest BCUT2D eigenvalue weighted by Crippen LogP contribution is -2.34. The molecule has 0 atom stereocenters. The van der Waals surface area contributed by atoms with E-state index >= 15 is 0 Å². The first-order valence-electron chi connectivity index (χ1n) is 9.04. The van der Waals surface area contributed by atoms with Crippen LogP contribution in [-0.4, -0.2) is 27.2 Å². The number of halogens is 1. The predicted octanol–water partition coefficient (Wildman–Crippen LogP) is 2.94. The molecule has 2 aromatic carbocycles. The highest BCUT2D eigenvalue weighted by Crippen LogP contribution is 2.24. The number of fused-ring (bicyclic) bond motifs is 3. The Morgan fingerprint density at radius 3 is 2.62 bits per heavy atom. The zero-order valence-electron chi connectivity index (χ0n) is 16.0. The Hall–Kier alpha value is -3.32. The van der Waals surface area contributed by atoms with E-state index in [0.717, 1.165) is 16.5 Å².